The monoisotopic (exact) mass is 274 g/mol. The number of benzene rings is 1. The maximum absolute atomic E-state index is 5.40. The molecule has 0 radical (unpaired) electrons. The van der Waals surface area contributed by atoms with Crippen LogP contribution in [0.1, 0.15) is 11.9 Å². The summed E-state index contributed by atoms with van der Waals surface area (Å²) in [6.45, 7) is 2.10. The number of nitrogens with zero attached hydrogens (tertiary/aromatic N) is 3. The van der Waals surface area contributed by atoms with Crippen LogP contribution in [0.4, 0.5) is 5.69 Å². The molecule has 0 spiro atoms. The Hall–Kier alpha value is -1.92. The lowest BCUT2D eigenvalue weighted by atomic mass is 10.2. The van der Waals surface area contributed by atoms with Crippen molar-refractivity contribution in [1.29, 1.82) is 0 Å². The van der Waals surface area contributed by atoms with Crippen LogP contribution < -0.4 is 10.2 Å². The van der Waals surface area contributed by atoms with Crippen molar-refractivity contribution < 1.29 is 9.26 Å². The van der Waals surface area contributed by atoms with Crippen LogP contribution in [0.3, 0.4) is 0 Å². The fraction of sp³-hybridized carbons (Fsp3) is 0.429. The summed E-state index contributed by atoms with van der Waals surface area (Å²) in [7, 11) is 4.02. The number of hydrogen-bond acceptors (Lipinski definition) is 6. The van der Waals surface area contributed by atoms with E-state index >= 15 is 0 Å². The van der Waals surface area contributed by atoms with Gasteiger partial charge in [0.1, 0.15) is 6.04 Å². The minimum atomic E-state index is -0.00829. The van der Waals surface area contributed by atoms with E-state index in [1.807, 2.05) is 38.4 Å². The molecular formula is C14H18N4O2. The van der Waals surface area contributed by atoms with Crippen molar-refractivity contribution >= 4 is 5.69 Å². The second-order valence-electron chi connectivity index (χ2n) is 4.98. The molecule has 2 aromatic rings. The van der Waals surface area contributed by atoms with Crippen molar-refractivity contribution in [1.82, 2.24) is 15.5 Å². The lowest BCUT2D eigenvalue weighted by molar-refractivity contribution is 0.0659. The molecule has 0 saturated carbocycles. The van der Waals surface area contributed by atoms with Crippen molar-refractivity contribution in [3.05, 3.63) is 30.2 Å². The molecule has 1 saturated heterocycles. The first-order valence-corrected chi connectivity index (χ1v) is 6.66. The second kappa shape index (κ2) is 5.60. The lowest BCUT2D eigenvalue weighted by Gasteiger charge is -2.20. The molecule has 1 N–H and O–H groups in total. The molecular weight excluding hydrogens is 256 g/mol. The molecule has 2 heterocycles. The van der Waals surface area contributed by atoms with E-state index in [4.69, 9.17) is 9.26 Å². The topological polar surface area (TPSA) is 63.4 Å². The first-order chi connectivity index (χ1) is 9.74. The highest BCUT2D eigenvalue weighted by molar-refractivity contribution is 5.59. The van der Waals surface area contributed by atoms with Crippen molar-refractivity contribution in [3.8, 4) is 11.4 Å². The van der Waals surface area contributed by atoms with E-state index in [2.05, 4.69) is 20.4 Å². The fourth-order valence-electron chi connectivity index (χ4n) is 2.13. The highest BCUT2D eigenvalue weighted by Gasteiger charge is 2.21. The zero-order chi connectivity index (χ0) is 13.9. The van der Waals surface area contributed by atoms with Gasteiger partial charge in [-0.15, -0.1) is 0 Å². The van der Waals surface area contributed by atoms with Crippen LogP contribution in [0, 0.1) is 0 Å². The molecule has 0 aliphatic carbocycles. The van der Waals surface area contributed by atoms with E-state index in [0.717, 1.165) is 24.4 Å². The first-order valence-electron chi connectivity index (χ1n) is 6.66. The van der Waals surface area contributed by atoms with Gasteiger partial charge in [0.05, 0.1) is 13.2 Å². The summed E-state index contributed by atoms with van der Waals surface area (Å²) >= 11 is 0. The molecule has 6 heteroatoms. The van der Waals surface area contributed by atoms with Gasteiger partial charge in [0.25, 0.3) is 0 Å². The number of rotatable bonds is 3. The Morgan fingerprint density at radius 2 is 2.05 bits per heavy atom. The highest BCUT2D eigenvalue weighted by Crippen LogP contribution is 2.22. The number of hydrogen-bond donors (Lipinski definition) is 1. The van der Waals surface area contributed by atoms with E-state index in [1.165, 1.54) is 0 Å². The first kappa shape index (κ1) is 13.1. The molecule has 1 atom stereocenters. The third-order valence-electron chi connectivity index (χ3n) is 3.30. The van der Waals surface area contributed by atoms with Crippen LogP contribution in [-0.4, -0.2) is 44.0 Å². The molecule has 1 aliphatic heterocycles. The summed E-state index contributed by atoms with van der Waals surface area (Å²) in [6.07, 6.45) is 0. The quantitative estimate of drug-likeness (QED) is 0.914. The molecule has 1 fully saturated rings. The Morgan fingerprint density at radius 1 is 1.25 bits per heavy atom. The summed E-state index contributed by atoms with van der Waals surface area (Å²) in [5.74, 6) is 1.19. The molecule has 106 valence electrons. The van der Waals surface area contributed by atoms with Crippen molar-refractivity contribution in [2.24, 2.45) is 0 Å². The maximum Gasteiger partial charge on any atom is 0.246 e. The van der Waals surface area contributed by atoms with Gasteiger partial charge < -0.3 is 19.5 Å². The average molecular weight is 274 g/mol. The summed E-state index contributed by atoms with van der Waals surface area (Å²) in [5.41, 5.74) is 2.09. The summed E-state index contributed by atoms with van der Waals surface area (Å²) in [6, 6.07) is 8.05. The average Bonchev–Trinajstić information content (AvgIpc) is 2.98. The van der Waals surface area contributed by atoms with Crippen LogP contribution in [0.15, 0.2) is 28.8 Å². The van der Waals surface area contributed by atoms with Gasteiger partial charge in [-0.05, 0) is 24.3 Å². The lowest BCUT2D eigenvalue weighted by Crippen LogP contribution is -2.34. The zero-order valence-corrected chi connectivity index (χ0v) is 11.7. The van der Waals surface area contributed by atoms with E-state index in [-0.39, 0.29) is 6.04 Å². The fourth-order valence-corrected chi connectivity index (χ4v) is 2.13. The Labute approximate surface area is 117 Å². The van der Waals surface area contributed by atoms with Gasteiger partial charge in [0.15, 0.2) is 0 Å². The number of aromatic nitrogens is 2. The van der Waals surface area contributed by atoms with Gasteiger partial charge >= 0.3 is 0 Å². The molecule has 3 rings (SSSR count). The summed E-state index contributed by atoms with van der Waals surface area (Å²) in [4.78, 5) is 6.50. The number of morpholine rings is 1. The minimum Gasteiger partial charge on any atom is -0.378 e. The largest absolute Gasteiger partial charge is 0.378 e. The molecule has 6 nitrogen and oxygen atoms in total. The summed E-state index contributed by atoms with van der Waals surface area (Å²) < 4.78 is 10.7. The highest BCUT2D eigenvalue weighted by atomic mass is 16.5. The zero-order valence-electron chi connectivity index (χ0n) is 11.7. The van der Waals surface area contributed by atoms with Gasteiger partial charge in [-0.25, -0.2) is 0 Å². The van der Waals surface area contributed by atoms with Crippen LogP contribution >= 0.6 is 0 Å². The van der Waals surface area contributed by atoms with Gasteiger partial charge in [0.2, 0.25) is 11.7 Å². The Kier molecular flexibility index (Phi) is 3.66. The van der Waals surface area contributed by atoms with Gasteiger partial charge in [-0.1, -0.05) is 5.16 Å². The SMILES string of the molecule is CN(C)c1ccc(-c2noc(C3COCCN3)n2)cc1. The van der Waals surface area contributed by atoms with Gasteiger partial charge in [0, 0.05) is 31.9 Å². The molecule has 20 heavy (non-hydrogen) atoms. The predicted octanol–water partition coefficient (Wildman–Crippen LogP) is 1.46. The molecule has 0 amide bonds. The van der Waals surface area contributed by atoms with Gasteiger partial charge in [-0.2, -0.15) is 4.98 Å². The third kappa shape index (κ3) is 2.66. The Balaban J connectivity index is 1.78. The van der Waals surface area contributed by atoms with Crippen molar-refractivity contribution in [3.63, 3.8) is 0 Å². The Bertz CT molecular complexity index is 559. The van der Waals surface area contributed by atoms with E-state index in [1.54, 1.807) is 0 Å². The van der Waals surface area contributed by atoms with Crippen molar-refractivity contribution in [2.45, 2.75) is 6.04 Å². The number of nitrogens with one attached hydrogen (secondary N) is 1. The summed E-state index contributed by atoms with van der Waals surface area (Å²) in [5, 5.41) is 7.34. The van der Waals surface area contributed by atoms with E-state index in [0.29, 0.717) is 18.3 Å². The third-order valence-corrected chi connectivity index (χ3v) is 3.30. The van der Waals surface area contributed by atoms with E-state index < -0.39 is 0 Å². The molecule has 1 aromatic heterocycles. The van der Waals surface area contributed by atoms with E-state index in [9.17, 15) is 0 Å². The standard InChI is InChI=1S/C14H18N4O2/c1-18(2)11-5-3-10(4-6-11)13-16-14(20-17-13)12-9-19-8-7-15-12/h3-6,12,15H,7-9H2,1-2H3. The smallest absolute Gasteiger partial charge is 0.246 e. The number of anilines is 1. The van der Waals surface area contributed by atoms with Crippen LogP contribution in [-0.2, 0) is 4.74 Å². The maximum atomic E-state index is 5.40. The minimum absolute atomic E-state index is 0.00829. The van der Waals surface area contributed by atoms with Crippen LogP contribution in [0.2, 0.25) is 0 Å². The molecule has 0 bridgehead atoms. The molecule has 1 aliphatic rings. The normalized spacial score (nSPS) is 19.0. The predicted molar refractivity (Wildman–Crippen MR) is 75.6 cm³/mol. The molecule has 1 aromatic carbocycles. The second-order valence-corrected chi connectivity index (χ2v) is 4.98. The van der Waals surface area contributed by atoms with Crippen LogP contribution in [0.25, 0.3) is 11.4 Å². The molecule has 1 unspecified atom stereocenters. The van der Waals surface area contributed by atoms with Gasteiger partial charge in [-0.3, -0.25) is 0 Å². The van der Waals surface area contributed by atoms with Crippen molar-refractivity contribution in [2.75, 3.05) is 38.8 Å². The van der Waals surface area contributed by atoms with Crippen LogP contribution in [0.5, 0.6) is 0 Å². The Morgan fingerprint density at radius 3 is 2.70 bits per heavy atom. The number of ether oxygens (including phenoxy) is 1.